The second kappa shape index (κ2) is 7.06. The molecule has 2 rings (SSSR count). The Bertz CT molecular complexity index is 588. The van der Waals surface area contributed by atoms with Crippen molar-refractivity contribution < 1.29 is 18.0 Å². The van der Waals surface area contributed by atoms with Crippen LogP contribution in [0.4, 0.5) is 24.5 Å². The minimum atomic E-state index is -4.44. The van der Waals surface area contributed by atoms with Crippen LogP contribution in [0.3, 0.4) is 0 Å². The molecular weight excluding hydrogens is 305 g/mol. The third kappa shape index (κ3) is 4.50. The molecule has 1 fully saturated rings. The number of halogens is 3. The smallest absolute Gasteiger partial charge is 0.370 e. The zero-order valence-corrected chi connectivity index (χ0v) is 13.3. The van der Waals surface area contributed by atoms with Crippen molar-refractivity contribution >= 4 is 17.3 Å². The number of nitrogens with one attached hydrogen (secondary N) is 1. The molecule has 0 atom stereocenters. The number of amides is 1. The van der Waals surface area contributed by atoms with Crippen LogP contribution in [0.1, 0.15) is 32.3 Å². The van der Waals surface area contributed by atoms with Gasteiger partial charge in [-0.05, 0) is 50.0 Å². The predicted molar refractivity (Wildman–Crippen MR) is 85.5 cm³/mol. The van der Waals surface area contributed by atoms with Crippen LogP contribution >= 0.6 is 0 Å². The van der Waals surface area contributed by atoms with Gasteiger partial charge in [0.25, 0.3) is 0 Å². The highest BCUT2D eigenvalue weighted by molar-refractivity contribution is 6.01. The molecule has 1 heterocycles. The van der Waals surface area contributed by atoms with Gasteiger partial charge in [0.15, 0.2) is 0 Å². The molecule has 23 heavy (non-hydrogen) atoms. The zero-order valence-electron chi connectivity index (χ0n) is 13.3. The van der Waals surface area contributed by atoms with Crippen LogP contribution in [0.5, 0.6) is 0 Å². The fourth-order valence-corrected chi connectivity index (χ4v) is 2.66. The average Bonchev–Trinajstić information content (AvgIpc) is 2.47. The molecule has 1 saturated heterocycles. The number of allylic oxidation sites excluding steroid dienone is 1. The molecule has 0 aliphatic carbocycles. The Hall–Kier alpha value is -1.98. The number of hydrogen-bond donors (Lipinski definition) is 1. The van der Waals surface area contributed by atoms with Crippen LogP contribution in [-0.2, 0) is 11.0 Å². The molecule has 0 radical (unpaired) electrons. The van der Waals surface area contributed by atoms with Gasteiger partial charge in [-0.3, -0.25) is 4.79 Å². The normalized spacial score (nSPS) is 16.8. The van der Waals surface area contributed by atoms with Gasteiger partial charge in [-0.25, -0.2) is 0 Å². The number of hydrogen-bond acceptors (Lipinski definition) is 2. The zero-order chi connectivity index (χ0) is 17.0. The van der Waals surface area contributed by atoms with Crippen LogP contribution < -0.4 is 10.2 Å². The average molecular weight is 326 g/mol. The number of piperidine rings is 1. The number of nitrogens with zero attached hydrogens (tertiary/aromatic N) is 1. The number of benzene rings is 1. The van der Waals surface area contributed by atoms with Crippen LogP contribution in [-0.4, -0.2) is 19.0 Å². The first-order valence-corrected chi connectivity index (χ1v) is 7.71. The summed E-state index contributed by atoms with van der Waals surface area (Å²) < 4.78 is 38.8. The molecule has 1 aromatic carbocycles. The van der Waals surface area contributed by atoms with E-state index in [9.17, 15) is 18.0 Å². The lowest BCUT2D eigenvalue weighted by Crippen LogP contribution is -2.33. The van der Waals surface area contributed by atoms with Gasteiger partial charge in [-0.2, -0.15) is 13.2 Å². The molecule has 1 aliphatic heterocycles. The number of carbonyl (C=O) groups is 1. The maximum atomic E-state index is 12.9. The van der Waals surface area contributed by atoms with E-state index in [4.69, 9.17) is 0 Å². The van der Waals surface area contributed by atoms with Crippen LogP contribution in [0.2, 0.25) is 0 Å². The minimum absolute atomic E-state index is 0.206. The molecule has 0 unspecified atom stereocenters. The summed E-state index contributed by atoms with van der Waals surface area (Å²) in [6.45, 7) is 5.40. The van der Waals surface area contributed by atoms with E-state index in [0.29, 0.717) is 11.6 Å². The van der Waals surface area contributed by atoms with Gasteiger partial charge in [0.2, 0.25) is 5.91 Å². The first-order valence-electron chi connectivity index (χ1n) is 7.71. The number of alkyl halides is 3. The van der Waals surface area contributed by atoms with E-state index in [1.807, 2.05) is 4.90 Å². The monoisotopic (exact) mass is 326 g/mol. The molecule has 1 amide bonds. The first kappa shape index (κ1) is 17.4. The summed E-state index contributed by atoms with van der Waals surface area (Å²) in [5, 5.41) is 2.57. The molecule has 126 valence electrons. The predicted octanol–water partition coefficient (Wildman–Crippen LogP) is 4.46. The summed E-state index contributed by atoms with van der Waals surface area (Å²) in [6, 6.07) is 3.53. The van der Waals surface area contributed by atoms with E-state index in [-0.39, 0.29) is 5.69 Å². The number of anilines is 2. The molecule has 0 saturated carbocycles. The lowest BCUT2D eigenvalue weighted by molar-refractivity contribution is -0.137. The van der Waals surface area contributed by atoms with Crippen LogP contribution in [0.25, 0.3) is 0 Å². The second-order valence-electron chi connectivity index (χ2n) is 5.89. The van der Waals surface area contributed by atoms with E-state index >= 15 is 0 Å². The minimum Gasteiger partial charge on any atom is -0.370 e. The highest BCUT2D eigenvalue weighted by atomic mass is 19.4. The largest absolute Gasteiger partial charge is 0.416 e. The number of rotatable bonds is 3. The van der Waals surface area contributed by atoms with Gasteiger partial charge < -0.3 is 10.2 Å². The molecule has 1 N–H and O–H groups in total. The SMILES string of the molecule is C/C=C/C(=O)Nc1cc(C(F)(F)F)ccc1N1CCC(C)CC1. The van der Waals surface area contributed by atoms with Gasteiger partial charge in [-0.15, -0.1) is 0 Å². The van der Waals surface area contributed by atoms with E-state index in [1.165, 1.54) is 12.1 Å². The summed E-state index contributed by atoms with van der Waals surface area (Å²) in [7, 11) is 0. The van der Waals surface area contributed by atoms with E-state index in [1.54, 1.807) is 13.0 Å². The van der Waals surface area contributed by atoms with Gasteiger partial charge in [0, 0.05) is 13.1 Å². The van der Waals surface area contributed by atoms with Crippen molar-refractivity contribution in [2.75, 3.05) is 23.3 Å². The fraction of sp³-hybridized carbons (Fsp3) is 0.471. The molecule has 0 aromatic heterocycles. The van der Waals surface area contributed by atoms with E-state index < -0.39 is 17.6 Å². The summed E-state index contributed by atoms with van der Waals surface area (Å²) in [5.41, 5.74) is 0.0858. The molecule has 1 aliphatic rings. The summed E-state index contributed by atoms with van der Waals surface area (Å²) in [6.07, 6.45) is 0.384. The summed E-state index contributed by atoms with van der Waals surface area (Å²) >= 11 is 0. The van der Waals surface area contributed by atoms with Crippen LogP contribution in [0, 0.1) is 5.92 Å². The Labute approximate surface area is 134 Å². The first-order chi connectivity index (χ1) is 10.8. The van der Waals surface area contributed by atoms with Crippen molar-refractivity contribution in [3.05, 3.63) is 35.9 Å². The Kier molecular flexibility index (Phi) is 5.34. The van der Waals surface area contributed by atoms with Gasteiger partial charge >= 0.3 is 6.18 Å². The van der Waals surface area contributed by atoms with E-state index in [0.717, 1.165) is 38.1 Å². The third-order valence-corrected chi connectivity index (χ3v) is 4.02. The highest BCUT2D eigenvalue weighted by Crippen LogP contribution is 2.36. The quantitative estimate of drug-likeness (QED) is 0.832. The van der Waals surface area contributed by atoms with Crippen LogP contribution in [0.15, 0.2) is 30.4 Å². The van der Waals surface area contributed by atoms with Crippen molar-refractivity contribution in [2.45, 2.75) is 32.9 Å². The molecule has 3 nitrogen and oxygen atoms in total. The summed E-state index contributed by atoms with van der Waals surface area (Å²) in [5.74, 6) is 0.181. The second-order valence-corrected chi connectivity index (χ2v) is 5.89. The van der Waals surface area contributed by atoms with Gasteiger partial charge in [0.1, 0.15) is 0 Å². The Morgan fingerprint density at radius 3 is 2.52 bits per heavy atom. The molecular formula is C17H21F3N2O. The van der Waals surface area contributed by atoms with Crippen molar-refractivity contribution in [1.82, 2.24) is 0 Å². The molecule has 0 spiro atoms. The maximum Gasteiger partial charge on any atom is 0.416 e. The lowest BCUT2D eigenvalue weighted by Gasteiger charge is -2.33. The maximum absolute atomic E-state index is 12.9. The van der Waals surface area contributed by atoms with Crippen molar-refractivity contribution in [3.63, 3.8) is 0 Å². The number of carbonyl (C=O) groups excluding carboxylic acids is 1. The molecule has 6 heteroatoms. The summed E-state index contributed by atoms with van der Waals surface area (Å²) in [4.78, 5) is 13.8. The highest BCUT2D eigenvalue weighted by Gasteiger charge is 2.32. The van der Waals surface area contributed by atoms with Crippen molar-refractivity contribution in [1.29, 1.82) is 0 Å². The van der Waals surface area contributed by atoms with Crippen molar-refractivity contribution in [2.24, 2.45) is 5.92 Å². The Morgan fingerprint density at radius 2 is 1.96 bits per heavy atom. The Balaban J connectivity index is 2.34. The van der Waals surface area contributed by atoms with Gasteiger partial charge in [0.05, 0.1) is 16.9 Å². The van der Waals surface area contributed by atoms with Crippen molar-refractivity contribution in [3.8, 4) is 0 Å². The lowest BCUT2D eigenvalue weighted by atomic mass is 9.98. The van der Waals surface area contributed by atoms with Gasteiger partial charge in [-0.1, -0.05) is 13.0 Å². The topological polar surface area (TPSA) is 32.3 Å². The molecule has 0 bridgehead atoms. The third-order valence-electron chi connectivity index (χ3n) is 4.02. The van der Waals surface area contributed by atoms with E-state index in [2.05, 4.69) is 12.2 Å². The Morgan fingerprint density at radius 1 is 1.30 bits per heavy atom. The molecule has 1 aromatic rings. The standard InChI is InChI=1S/C17H21F3N2O/c1-3-4-16(23)21-14-11-13(17(18,19)20)5-6-15(14)22-9-7-12(2)8-10-22/h3-6,11-12H,7-10H2,1-2H3,(H,21,23)/b4-3+. The fourth-order valence-electron chi connectivity index (χ4n) is 2.66.